The SMILES string of the molecule is CC1CCC2C(C)C(OC(=O)CCC(=O)[O-])OC3OC4(C)CCC1C32OO4. The first-order valence-corrected chi connectivity index (χ1v) is 9.84. The summed E-state index contributed by atoms with van der Waals surface area (Å²) >= 11 is 0. The summed E-state index contributed by atoms with van der Waals surface area (Å²) in [5.41, 5.74) is -0.707. The second-order valence-electron chi connectivity index (χ2n) is 8.64. The predicted molar refractivity (Wildman–Crippen MR) is 87.2 cm³/mol. The number of carboxylic acids is 1. The van der Waals surface area contributed by atoms with Crippen LogP contribution in [0.5, 0.6) is 0 Å². The number of hydrogen-bond acceptors (Lipinski definition) is 8. The highest BCUT2D eigenvalue weighted by Gasteiger charge is 2.69. The number of rotatable bonds is 4. The van der Waals surface area contributed by atoms with Crippen molar-refractivity contribution in [1.82, 2.24) is 0 Å². The number of aliphatic carboxylic acids is 1. The van der Waals surface area contributed by atoms with Crippen LogP contribution < -0.4 is 5.11 Å². The van der Waals surface area contributed by atoms with E-state index in [0.717, 1.165) is 19.3 Å². The molecule has 8 heteroatoms. The number of hydrogen-bond donors (Lipinski definition) is 0. The minimum atomic E-state index is -1.28. The maximum atomic E-state index is 12.0. The molecule has 1 spiro atoms. The molecule has 5 fully saturated rings. The summed E-state index contributed by atoms with van der Waals surface area (Å²) in [6.07, 6.45) is 1.48. The zero-order chi connectivity index (χ0) is 19.4. The van der Waals surface area contributed by atoms with E-state index in [1.165, 1.54) is 0 Å². The molecule has 0 aromatic rings. The third-order valence-corrected chi connectivity index (χ3v) is 6.88. The molecule has 8 unspecified atom stereocenters. The monoisotopic (exact) mass is 383 g/mol. The zero-order valence-electron chi connectivity index (χ0n) is 16.0. The lowest BCUT2D eigenvalue weighted by Gasteiger charge is -2.59. The Labute approximate surface area is 158 Å². The van der Waals surface area contributed by atoms with E-state index in [0.29, 0.717) is 12.3 Å². The summed E-state index contributed by atoms with van der Waals surface area (Å²) in [4.78, 5) is 34.4. The van der Waals surface area contributed by atoms with Crippen LogP contribution in [0.1, 0.15) is 59.3 Å². The molecule has 8 atom stereocenters. The minimum absolute atomic E-state index is 0.0547. The quantitative estimate of drug-likeness (QED) is 0.528. The fourth-order valence-corrected chi connectivity index (χ4v) is 5.40. The molecule has 1 saturated carbocycles. The first-order valence-electron chi connectivity index (χ1n) is 9.84. The molecule has 2 bridgehead atoms. The summed E-state index contributed by atoms with van der Waals surface area (Å²) in [7, 11) is 0. The lowest BCUT2D eigenvalue weighted by atomic mass is 9.58. The van der Waals surface area contributed by atoms with Crippen molar-refractivity contribution in [1.29, 1.82) is 0 Å². The Bertz CT molecular complexity index is 623. The summed E-state index contributed by atoms with van der Waals surface area (Å²) < 4.78 is 17.7. The van der Waals surface area contributed by atoms with Crippen molar-refractivity contribution in [3.05, 3.63) is 0 Å². The van der Waals surface area contributed by atoms with Gasteiger partial charge < -0.3 is 24.1 Å². The third kappa shape index (κ3) is 3.06. The van der Waals surface area contributed by atoms with E-state index in [-0.39, 0.29) is 30.6 Å². The Kier molecular flexibility index (Phi) is 4.73. The number of carbonyl (C=O) groups is 2. The largest absolute Gasteiger partial charge is 0.550 e. The molecule has 0 aromatic heterocycles. The fraction of sp³-hybridized carbons (Fsp3) is 0.895. The van der Waals surface area contributed by atoms with Gasteiger partial charge in [0.05, 0.1) is 6.42 Å². The molecule has 1 aliphatic carbocycles. The molecule has 0 N–H and O–H groups in total. The van der Waals surface area contributed by atoms with Gasteiger partial charge in [-0.3, -0.25) is 4.79 Å². The summed E-state index contributed by atoms with van der Waals surface area (Å²) in [6.45, 7) is 6.04. The first kappa shape index (κ1) is 19.1. The molecule has 4 heterocycles. The lowest BCUT2D eigenvalue weighted by molar-refractivity contribution is -0.576. The van der Waals surface area contributed by atoms with Crippen LogP contribution in [0.4, 0.5) is 0 Å². The Morgan fingerprint density at radius 2 is 1.89 bits per heavy atom. The average molecular weight is 383 g/mol. The Balaban J connectivity index is 1.58. The van der Waals surface area contributed by atoms with Gasteiger partial charge in [-0.2, -0.15) is 0 Å². The van der Waals surface area contributed by atoms with Crippen molar-refractivity contribution in [3.8, 4) is 0 Å². The molecule has 27 heavy (non-hydrogen) atoms. The summed E-state index contributed by atoms with van der Waals surface area (Å²) in [6, 6.07) is 0. The maximum Gasteiger partial charge on any atom is 0.308 e. The second kappa shape index (κ2) is 6.69. The molecule has 0 aromatic carbocycles. The number of fused-ring (bicyclic) bond motifs is 2. The van der Waals surface area contributed by atoms with Gasteiger partial charge in [0.1, 0.15) is 0 Å². The van der Waals surface area contributed by atoms with Crippen molar-refractivity contribution in [2.45, 2.75) is 83.3 Å². The van der Waals surface area contributed by atoms with Crippen molar-refractivity contribution < 1.29 is 38.7 Å². The van der Waals surface area contributed by atoms with Crippen LogP contribution >= 0.6 is 0 Å². The second-order valence-corrected chi connectivity index (χ2v) is 8.64. The predicted octanol–water partition coefficient (Wildman–Crippen LogP) is 1.27. The number of carbonyl (C=O) groups excluding carboxylic acids is 2. The maximum absolute atomic E-state index is 12.0. The van der Waals surface area contributed by atoms with Gasteiger partial charge in [0.2, 0.25) is 12.1 Å². The van der Waals surface area contributed by atoms with E-state index in [1.807, 2.05) is 13.8 Å². The lowest BCUT2D eigenvalue weighted by Crippen LogP contribution is -2.70. The number of esters is 1. The highest BCUT2D eigenvalue weighted by atomic mass is 17.3. The molecule has 152 valence electrons. The van der Waals surface area contributed by atoms with Gasteiger partial charge in [0.15, 0.2) is 11.9 Å². The molecule has 8 nitrogen and oxygen atoms in total. The highest BCUT2D eigenvalue weighted by molar-refractivity contribution is 5.75. The van der Waals surface area contributed by atoms with Crippen molar-refractivity contribution in [2.24, 2.45) is 23.7 Å². The number of ether oxygens (including phenoxy) is 3. The highest BCUT2D eigenvalue weighted by Crippen LogP contribution is 2.60. The third-order valence-electron chi connectivity index (χ3n) is 6.88. The van der Waals surface area contributed by atoms with Crippen LogP contribution in [0.25, 0.3) is 0 Å². The van der Waals surface area contributed by atoms with Gasteiger partial charge >= 0.3 is 5.97 Å². The molecule has 0 radical (unpaired) electrons. The van der Waals surface area contributed by atoms with Crippen LogP contribution in [-0.2, 0) is 33.6 Å². The van der Waals surface area contributed by atoms with Crippen molar-refractivity contribution in [3.63, 3.8) is 0 Å². The molecule has 0 amide bonds. The van der Waals surface area contributed by atoms with Crippen LogP contribution in [0.15, 0.2) is 0 Å². The fourth-order valence-electron chi connectivity index (χ4n) is 5.40. The topological polar surface area (TPSA) is 103 Å². The zero-order valence-corrected chi connectivity index (χ0v) is 16.0. The average Bonchev–Trinajstić information content (AvgIpc) is 2.84. The smallest absolute Gasteiger partial charge is 0.308 e. The van der Waals surface area contributed by atoms with E-state index >= 15 is 0 Å². The van der Waals surface area contributed by atoms with Gasteiger partial charge in [-0.15, -0.1) is 0 Å². The Morgan fingerprint density at radius 3 is 2.63 bits per heavy atom. The van der Waals surface area contributed by atoms with Crippen LogP contribution in [0.3, 0.4) is 0 Å². The molecule has 5 aliphatic rings. The van der Waals surface area contributed by atoms with Gasteiger partial charge in [0.25, 0.3) is 0 Å². The van der Waals surface area contributed by atoms with Crippen molar-refractivity contribution in [2.75, 3.05) is 0 Å². The van der Waals surface area contributed by atoms with Crippen molar-refractivity contribution >= 4 is 11.9 Å². The summed E-state index contributed by atoms with van der Waals surface area (Å²) in [5.74, 6) is -2.17. The summed E-state index contributed by atoms with van der Waals surface area (Å²) in [5, 5.41) is 10.6. The van der Waals surface area contributed by atoms with E-state index in [4.69, 9.17) is 24.0 Å². The van der Waals surface area contributed by atoms with Gasteiger partial charge in [0, 0.05) is 24.2 Å². The number of carboxylic acid groups (broad SMARTS) is 1. The standard InChI is InChI=1S/C19H28O8/c1-10-4-5-13-11(2)16(23-15(22)7-6-14(20)21)24-17-19(13)12(10)8-9-18(3,25-17)26-27-19/h10-13,16-17H,4-9H2,1-3H3,(H,20,21)/p-1. The molecule has 4 aliphatic heterocycles. The van der Waals surface area contributed by atoms with E-state index in [9.17, 15) is 14.7 Å². The minimum Gasteiger partial charge on any atom is -0.550 e. The molecular formula is C19H27O8-. The molecule has 4 saturated heterocycles. The van der Waals surface area contributed by atoms with Crippen LogP contribution in [-0.4, -0.2) is 35.9 Å². The van der Waals surface area contributed by atoms with Gasteiger partial charge in [-0.25, -0.2) is 9.78 Å². The van der Waals surface area contributed by atoms with E-state index < -0.39 is 35.9 Å². The Hall–Kier alpha value is -1.22. The van der Waals surface area contributed by atoms with E-state index in [2.05, 4.69) is 6.92 Å². The van der Waals surface area contributed by atoms with Gasteiger partial charge in [-0.05, 0) is 44.4 Å². The normalized spacial score (nSPS) is 48.4. The van der Waals surface area contributed by atoms with Crippen LogP contribution in [0, 0.1) is 23.7 Å². The van der Waals surface area contributed by atoms with Gasteiger partial charge in [-0.1, -0.05) is 13.8 Å². The first-order chi connectivity index (χ1) is 12.7. The Morgan fingerprint density at radius 1 is 1.11 bits per heavy atom. The molecular weight excluding hydrogens is 356 g/mol. The van der Waals surface area contributed by atoms with Crippen LogP contribution in [0.2, 0.25) is 0 Å². The van der Waals surface area contributed by atoms with E-state index in [1.54, 1.807) is 0 Å². The molecule has 5 rings (SSSR count).